The summed E-state index contributed by atoms with van der Waals surface area (Å²) in [6.45, 7) is 3.62. The SMILES string of the molecule is Cc1cc(C)cc(OCC(=O)N/N=C2\CCS(=O)(=O)c3ccc(F)cc32)c1. The Labute approximate surface area is 157 Å². The molecule has 2 aromatic carbocycles. The van der Waals surface area contributed by atoms with Gasteiger partial charge in [0.15, 0.2) is 16.4 Å². The van der Waals surface area contributed by atoms with Gasteiger partial charge in [-0.05, 0) is 55.3 Å². The number of nitrogens with one attached hydrogen (secondary N) is 1. The Morgan fingerprint density at radius 2 is 1.89 bits per heavy atom. The molecule has 0 saturated carbocycles. The molecule has 1 amide bonds. The third-order valence-corrected chi connectivity index (χ3v) is 5.84. The summed E-state index contributed by atoms with van der Waals surface area (Å²) in [6, 6.07) is 9.05. The van der Waals surface area contributed by atoms with Crippen molar-refractivity contribution in [3.05, 3.63) is 58.9 Å². The third-order valence-electron chi connectivity index (χ3n) is 4.08. The van der Waals surface area contributed by atoms with Crippen LogP contribution in [0.2, 0.25) is 0 Å². The molecular formula is C19H19FN2O4S. The topological polar surface area (TPSA) is 84.8 Å². The number of aryl methyl sites for hydroxylation is 2. The van der Waals surface area contributed by atoms with E-state index >= 15 is 0 Å². The summed E-state index contributed by atoms with van der Waals surface area (Å²) in [5.41, 5.74) is 4.88. The van der Waals surface area contributed by atoms with Gasteiger partial charge in [-0.15, -0.1) is 0 Å². The van der Waals surface area contributed by atoms with E-state index in [1.807, 2.05) is 32.0 Å². The molecule has 8 heteroatoms. The van der Waals surface area contributed by atoms with Gasteiger partial charge in [-0.1, -0.05) is 6.07 Å². The van der Waals surface area contributed by atoms with Crippen LogP contribution in [0.3, 0.4) is 0 Å². The van der Waals surface area contributed by atoms with Gasteiger partial charge in [-0.3, -0.25) is 4.79 Å². The minimum atomic E-state index is -3.47. The lowest BCUT2D eigenvalue weighted by atomic mass is 10.1. The number of sulfone groups is 1. The quantitative estimate of drug-likeness (QED) is 0.642. The zero-order chi connectivity index (χ0) is 19.6. The number of hydrogen-bond acceptors (Lipinski definition) is 5. The molecule has 0 unspecified atom stereocenters. The first-order valence-electron chi connectivity index (χ1n) is 8.34. The Kier molecular flexibility index (Phi) is 5.27. The lowest BCUT2D eigenvalue weighted by molar-refractivity contribution is -0.123. The van der Waals surface area contributed by atoms with Crippen LogP contribution >= 0.6 is 0 Å². The van der Waals surface area contributed by atoms with Crippen LogP contribution in [-0.4, -0.2) is 32.4 Å². The summed E-state index contributed by atoms with van der Waals surface area (Å²) in [7, 11) is -3.47. The standard InChI is InChI=1S/C19H19FN2O4S/c1-12-7-13(2)9-15(8-12)26-11-19(23)22-21-17-5-6-27(24,25)18-4-3-14(20)10-16(17)18/h3-4,7-10H,5-6,11H2,1-2H3,(H,22,23)/b21-17+. The highest BCUT2D eigenvalue weighted by Gasteiger charge is 2.28. The Hall–Kier alpha value is -2.74. The summed E-state index contributed by atoms with van der Waals surface area (Å²) in [4.78, 5) is 12.0. The number of hydrogen-bond donors (Lipinski definition) is 1. The molecule has 0 fully saturated rings. The maximum atomic E-state index is 13.5. The molecule has 0 aliphatic carbocycles. The smallest absolute Gasteiger partial charge is 0.277 e. The normalized spacial score (nSPS) is 16.6. The fourth-order valence-corrected chi connectivity index (χ4v) is 4.39. The first-order chi connectivity index (χ1) is 12.7. The van der Waals surface area contributed by atoms with Crippen molar-refractivity contribution in [3.63, 3.8) is 0 Å². The molecule has 1 heterocycles. The van der Waals surface area contributed by atoms with Crippen molar-refractivity contribution in [2.75, 3.05) is 12.4 Å². The molecule has 0 bridgehead atoms. The fourth-order valence-electron chi connectivity index (χ4n) is 2.92. The van der Waals surface area contributed by atoms with Gasteiger partial charge in [-0.2, -0.15) is 5.10 Å². The number of halogens is 1. The molecule has 27 heavy (non-hydrogen) atoms. The lowest BCUT2D eigenvalue weighted by Gasteiger charge is -2.18. The predicted molar refractivity (Wildman–Crippen MR) is 99.2 cm³/mol. The van der Waals surface area contributed by atoms with Crippen molar-refractivity contribution in [1.29, 1.82) is 0 Å². The molecule has 3 rings (SSSR count). The highest BCUT2D eigenvalue weighted by molar-refractivity contribution is 7.91. The Morgan fingerprint density at radius 3 is 2.59 bits per heavy atom. The van der Waals surface area contributed by atoms with E-state index in [1.54, 1.807) is 0 Å². The number of nitrogens with zero attached hydrogens (tertiary/aromatic N) is 1. The van der Waals surface area contributed by atoms with E-state index in [0.717, 1.165) is 23.3 Å². The first-order valence-corrected chi connectivity index (χ1v) is 9.99. The van der Waals surface area contributed by atoms with Crippen LogP contribution in [0.1, 0.15) is 23.1 Å². The van der Waals surface area contributed by atoms with Gasteiger partial charge in [0.05, 0.1) is 16.4 Å². The number of rotatable bonds is 4. The highest BCUT2D eigenvalue weighted by atomic mass is 32.2. The number of hydrazone groups is 1. The number of amides is 1. The number of carbonyl (C=O) groups is 1. The largest absolute Gasteiger partial charge is 0.484 e. The highest BCUT2D eigenvalue weighted by Crippen LogP contribution is 2.26. The van der Waals surface area contributed by atoms with Crippen LogP contribution in [0.5, 0.6) is 5.75 Å². The fraction of sp³-hybridized carbons (Fsp3) is 0.263. The minimum Gasteiger partial charge on any atom is -0.484 e. The van der Waals surface area contributed by atoms with Gasteiger partial charge in [0, 0.05) is 12.0 Å². The van der Waals surface area contributed by atoms with Crippen molar-refractivity contribution in [2.24, 2.45) is 5.10 Å². The third kappa shape index (κ3) is 4.51. The zero-order valence-corrected chi connectivity index (χ0v) is 15.8. The van der Waals surface area contributed by atoms with Gasteiger partial charge in [0.1, 0.15) is 11.6 Å². The average Bonchev–Trinajstić information content (AvgIpc) is 2.58. The second-order valence-corrected chi connectivity index (χ2v) is 8.49. The molecule has 0 atom stereocenters. The van der Waals surface area contributed by atoms with E-state index in [4.69, 9.17) is 4.74 Å². The van der Waals surface area contributed by atoms with Crippen LogP contribution in [0.4, 0.5) is 4.39 Å². The van der Waals surface area contributed by atoms with Crippen LogP contribution in [-0.2, 0) is 14.6 Å². The molecule has 2 aromatic rings. The Morgan fingerprint density at radius 1 is 1.19 bits per heavy atom. The number of ether oxygens (including phenoxy) is 1. The van der Waals surface area contributed by atoms with E-state index in [9.17, 15) is 17.6 Å². The van der Waals surface area contributed by atoms with E-state index in [1.165, 1.54) is 6.07 Å². The van der Waals surface area contributed by atoms with Crippen molar-refractivity contribution >= 4 is 21.5 Å². The van der Waals surface area contributed by atoms with Crippen LogP contribution in [0.25, 0.3) is 0 Å². The zero-order valence-electron chi connectivity index (χ0n) is 15.0. The summed E-state index contributed by atoms with van der Waals surface area (Å²) >= 11 is 0. The lowest BCUT2D eigenvalue weighted by Crippen LogP contribution is -2.29. The maximum absolute atomic E-state index is 13.5. The molecular weight excluding hydrogens is 371 g/mol. The van der Waals surface area contributed by atoms with Gasteiger partial charge in [0.25, 0.3) is 5.91 Å². The van der Waals surface area contributed by atoms with Crippen LogP contribution in [0, 0.1) is 19.7 Å². The minimum absolute atomic E-state index is 0.0228. The second kappa shape index (κ2) is 7.48. The summed E-state index contributed by atoms with van der Waals surface area (Å²) in [6.07, 6.45) is 0.0942. The average molecular weight is 390 g/mol. The van der Waals surface area contributed by atoms with E-state index in [-0.39, 0.29) is 29.2 Å². The summed E-state index contributed by atoms with van der Waals surface area (Å²) < 4.78 is 43.2. The van der Waals surface area contributed by atoms with Gasteiger partial charge in [0.2, 0.25) is 0 Å². The number of benzene rings is 2. The number of carbonyl (C=O) groups excluding carboxylic acids is 1. The molecule has 1 aliphatic heterocycles. The molecule has 6 nitrogen and oxygen atoms in total. The molecule has 0 spiro atoms. The summed E-state index contributed by atoms with van der Waals surface area (Å²) in [5, 5.41) is 3.98. The Bertz CT molecular complexity index is 1010. The van der Waals surface area contributed by atoms with Crippen molar-refractivity contribution in [3.8, 4) is 5.75 Å². The monoisotopic (exact) mass is 390 g/mol. The van der Waals surface area contributed by atoms with Crippen molar-refractivity contribution in [2.45, 2.75) is 25.2 Å². The second-order valence-electron chi connectivity index (χ2n) is 6.41. The van der Waals surface area contributed by atoms with Crippen LogP contribution < -0.4 is 10.2 Å². The van der Waals surface area contributed by atoms with Gasteiger partial charge >= 0.3 is 0 Å². The predicted octanol–water partition coefficient (Wildman–Crippen LogP) is 2.52. The molecule has 1 N–H and O–H groups in total. The molecule has 0 saturated heterocycles. The van der Waals surface area contributed by atoms with Crippen LogP contribution in [0.15, 0.2) is 46.4 Å². The van der Waals surface area contributed by atoms with Crippen molar-refractivity contribution in [1.82, 2.24) is 5.43 Å². The van der Waals surface area contributed by atoms with Gasteiger partial charge in [-0.25, -0.2) is 18.2 Å². The number of fused-ring (bicyclic) bond motifs is 1. The molecule has 1 aliphatic rings. The van der Waals surface area contributed by atoms with E-state index in [0.29, 0.717) is 11.5 Å². The summed E-state index contributed by atoms with van der Waals surface area (Å²) in [5.74, 6) is -0.623. The molecule has 0 aromatic heterocycles. The molecule has 0 radical (unpaired) electrons. The Balaban J connectivity index is 1.71. The van der Waals surface area contributed by atoms with E-state index in [2.05, 4.69) is 10.5 Å². The van der Waals surface area contributed by atoms with E-state index < -0.39 is 21.6 Å². The first kappa shape index (κ1) is 19.0. The van der Waals surface area contributed by atoms with Crippen molar-refractivity contribution < 1.29 is 22.3 Å². The van der Waals surface area contributed by atoms with Gasteiger partial charge < -0.3 is 4.74 Å². The molecule has 142 valence electrons. The maximum Gasteiger partial charge on any atom is 0.277 e.